The highest BCUT2D eigenvalue weighted by molar-refractivity contribution is 6.05. The molecule has 1 atom stereocenters. The van der Waals surface area contributed by atoms with Crippen molar-refractivity contribution >= 4 is 28.9 Å². The highest BCUT2D eigenvalue weighted by Crippen LogP contribution is 2.45. The Labute approximate surface area is 213 Å². The Morgan fingerprint density at radius 1 is 1.24 bits per heavy atom. The fourth-order valence-corrected chi connectivity index (χ4v) is 4.68. The van der Waals surface area contributed by atoms with Crippen molar-refractivity contribution in [1.29, 1.82) is 0 Å². The van der Waals surface area contributed by atoms with Gasteiger partial charge in [0.2, 0.25) is 5.91 Å². The van der Waals surface area contributed by atoms with E-state index >= 15 is 0 Å². The standard InChI is InChI=1S/C27H30F3N3O4/c1-4-26(5-2)13-18(21-9-7-19(27(28,29)30)11-23(21)37-26)10-24(35)31-20-8-6-17-14-33(16(3)15-34)25(36)32-22(17)12-20/h6-12,16,34H,4-5,13-15H2,1-3H3,(H,31,35)(H,32,36)/t16-/m1/s1. The molecular weight excluding hydrogens is 487 g/mol. The number of halogens is 3. The molecule has 198 valence electrons. The minimum absolute atomic E-state index is 0.113. The van der Waals surface area contributed by atoms with Crippen molar-refractivity contribution in [3.63, 3.8) is 0 Å². The molecule has 0 bridgehead atoms. The highest BCUT2D eigenvalue weighted by atomic mass is 19.4. The second kappa shape index (κ2) is 10.1. The predicted molar refractivity (Wildman–Crippen MR) is 134 cm³/mol. The molecule has 2 aliphatic heterocycles. The lowest BCUT2D eigenvalue weighted by Crippen LogP contribution is -2.45. The number of urea groups is 1. The minimum atomic E-state index is -4.51. The number of carbonyl (C=O) groups excluding carboxylic acids is 2. The quantitative estimate of drug-likeness (QED) is 0.423. The Kier molecular flexibility index (Phi) is 7.23. The van der Waals surface area contributed by atoms with Crippen LogP contribution in [-0.4, -0.2) is 40.2 Å². The number of nitrogens with one attached hydrogen (secondary N) is 2. The van der Waals surface area contributed by atoms with Crippen molar-refractivity contribution in [2.45, 2.75) is 64.4 Å². The lowest BCUT2D eigenvalue weighted by atomic mass is 9.83. The van der Waals surface area contributed by atoms with Crippen LogP contribution in [0, 0.1) is 0 Å². The number of benzene rings is 2. The number of hydrogen-bond donors (Lipinski definition) is 3. The number of alkyl halides is 3. The number of ether oxygens (including phenoxy) is 1. The first-order chi connectivity index (χ1) is 17.5. The first-order valence-corrected chi connectivity index (χ1v) is 12.2. The zero-order chi connectivity index (χ0) is 27.0. The van der Waals surface area contributed by atoms with E-state index in [4.69, 9.17) is 4.74 Å². The van der Waals surface area contributed by atoms with E-state index in [0.29, 0.717) is 48.3 Å². The van der Waals surface area contributed by atoms with Gasteiger partial charge in [0.25, 0.3) is 0 Å². The van der Waals surface area contributed by atoms with E-state index in [1.807, 2.05) is 13.8 Å². The molecule has 2 aromatic rings. The SMILES string of the molecule is CCC1(CC)CC(=CC(=O)Nc2ccc3c(c2)NC(=O)N([C@H](C)CO)C3)c2ccc(C(F)(F)F)cc2O1. The maximum absolute atomic E-state index is 13.3. The fourth-order valence-electron chi connectivity index (χ4n) is 4.68. The Hall–Kier alpha value is -3.53. The largest absolute Gasteiger partial charge is 0.486 e. The van der Waals surface area contributed by atoms with Crippen LogP contribution in [0.5, 0.6) is 5.75 Å². The van der Waals surface area contributed by atoms with E-state index in [1.165, 1.54) is 17.0 Å². The van der Waals surface area contributed by atoms with E-state index in [-0.39, 0.29) is 24.4 Å². The molecule has 0 saturated heterocycles. The van der Waals surface area contributed by atoms with Crippen molar-refractivity contribution < 1.29 is 32.6 Å². The molecule has 2 aromatic carbocycles. The highest BCUT2D eigenvalue weighted by Gasteiger charge is 2.38. The summed E-state index contributed by atoms with van der Waals surface area (Å²) in [5.41, 5.74) is 1.39. The molecule has 10 heteroatoms. The van der Waals surface area contributed by atoms with Gasteiger partial charge in [-0.1, -0.05) is 26.0 Å². The van der Waals surface area contributed by atoms with Crippen LogP contribution in [0.3, 0.4) is 0 Å². The van der Waals surface area contributed by atoms with Crippen LogP contribution in [0.1, 0.15) is 56.7 Å². The molecule has 4 rings (SSSR count). The summed E-state index contributed by atoms with van der Waals surface area (Å²) < 4.78 is 46.0. The Morgan fingerprint density at radius 2 is 1.97 bits per heavy atom. The van der Waals surface area contributed by atoms with E-state index in [0.717, 1.165) is 17.7 Å². The summed E-state index contributed by atoms with van der Waals surface area (Å²) in [5.74, 6) is -0.330. The van der Waals surface area contributed by atoms with Crippen molar-refractivity contribution in [2.75, 3.05) is 17.2 Å². The summed E-state index contributed by atoms with van der Waals surface area (Å²) >= 11 is 0. The van der Waals surface area contributed by atoms with Gasteiger partial charge in [0.05, 0.1) is 18.2 Å². The topological polar surface area (TPSA) is 90.9 Å². The number of aliphatic hydroxyl groups excluding tert-OH is 1. The molecule has 3 N–H and O–H groups in total. The third kappa shape index (κ3) is 5.44. The molecule has 0 spiro atoms. The second-order valence-electron chi connectivity index (χ2n) is 9.50. The summed E-state index contributed by atoms with van der Waals surface area (Å²) in [7, 11) is 0. The summed E-state index contributed by atoms with van der Waals surface area (Å²) in [6.07, 6.45) is -1.60. The summed E-state index contributed by atoms with van der Waals surface area (Å²) in [6.45, 7) is 5.73. The van der Waals surface area contributed by atoms with E-state index in [9.17, 15) is 27.9 Å². The normalized spacial score (nSPS) is 18.4. The molecule has 0 radical (unpaired) electrons. The monoisotopic (exact) mass is 517 g/mol. The summed E-state index contributed by atoms with van der Waals surface area (Å²) in [6, 6.07) is 7.81. The van der Waals surface area contributed by atoms with Crippen LogP contribution in [0.4, 0.5) is 29.3 Å². The Bertz CT molecular complexity index is 1240. The van der Waals surface area contributed by atoms with Crippen molar-refractivity contribution in [3.8, 4) is 5.75 Å². The van der Waals surface area contributed by atoms with Gasteiger partial charge in [-0.2, -0.15) is 13.2 Å². The average Bonchev–Trinajstić information content (AvgIpc) is 2.86. The molecule has 2 aliphatic rings. The lowest BCUT2D eigenvalue weighted by Gasteiger charge is -2.39. The predicted octanol–water partition coefficient (Wildman–Crippen LogP) is 5.80. The molecule has 0 saturated carbocycles. The maximum Gasteiger partial charge on any atom is 0.416 e. The van der Waals surface area contributed by atoms with E-state index < -0.39 is 23.2 Å². The van der Waals surface area contributed by atoms with Crippen molar-refractivity contribution in [2.24, 2.45) is 0 Å². The van der Waals surface area contributed by atoms with Crippen LogP contribution in [-0.2, 0) is 17.5 Å². The summed E-state index contributed by atoms with van der Waals surface area (Å²) in [5, 5.41) is 14.9. The van der Waals surface area contributed by atoms with Gasteiger partial charge in [0.1, 0.15) is 11.4 Å². The molecule has 7 nitrogen and oxygen atoms in total. The van der Waals surface area contributed by atoms with Crippen LogP contribution in [0.15, 0.2) is 42.5 Å². The van der Waals surface area contributed by atoms with Gasteiger partial charge < -0.3 is 25.4 Å². The fraction of sp³-hybridized carbons (Fsp3) is 0.407. The molecule has 0 unspecified atom stereocenters. The minimum Gasteiger partial charge on any atom is -0.486 e. The zero-order valence-corrected chi connectivity index (χ0v) is 20.9. The van der Waals surface area contributed by atoms with Gasteiger partial charge in [-0.3, -0.25) is 4.79 Å². The number of nitrogens with zero attached hydrogens (tertiary/aromatic N) is 1. The second-order valence-corrected chi connectivity index (χ2v) is 9.50. The summed E-state index contributed by atoms with van der Waals surface area (Å²) in [4.78, 5) is 26.9. The third-order valence-corrected chi connectivity index (χ3v) is 7.10. The van der Waals surface area contributed by atoms with Gasteiger partial charge in [-0.05, 0) is 55.2 Å². The number of aliphatic hydroxyl groups is 1. The first-order valence-electron chi connectivity index (χ1n) is 12.2. The maximum atomic E-state index is 13.3. The number of carbonyl (C=O) groups is 2. The number of hydrogen-bond acceptors (Lipinski definition) is 4. The lowest BCUT2D eigenvalue weighted by molar-refractivity contribution is -0.137. The van der Waals surface area contributed by atoms with Crippen LogP contribution in [0.2, 0.25) is 0 Å². The molecule has 0 fully saturated rings. The number of rotatable bonds is 6. The molecule has 0 aromatic heterocycles. The molecule has 0 aliphatic carbocycles. The smallest absolute Gasteiger partial charge is 0.416 e. The van der Waals surface area contributed by atoms with Gasteiger partial charge in [0, 0.05) is 36.0 Å². The number of fused-ring (bicyclic) bond motifs is 2. The van der Waals surface area contributed by atoms with E-state index in [1.54, 1.807) is 25.1 Å². The van der Waals surface area contributed by atoms with Crippen LogP contribution >= 0.6 is 0 Å². The number of amides is 3. The van der Waals surface area contributed by atoms with Gasteiger partial charge in [-0.25, -0.2) is 4.79 Å². The van der Waals surface area contributed by atoms with Gasteiger partial charge >= 0.3 is 12.2 Å². The van der Waals surface area contributed by atoms with Crippen molar-refractivity contribution in [1.82, 2.24) is 4.90 Å². The molecule has 3 amide bonds. The van der Waals surface area contributed by atoms with Gasteiger partial charge in [-0.15, -0.1) is 0 Å². The van der Waals surface area contributed by atoms with Crippen molar-refractivity contribution in [3.05, 3.63) is 59.2 Å². The molecule has 2 heterocycles. The molecular formula is C27H30F3N3O4. The number of anilines is 2. The van der Waals surface area contributed by atoms with Crippen LogP contribution < -0.4 is 15.4 Å². The Balaban J connectivity index is 1.59. The average molecular weight is 518 g/mol. The van der Waals surface area contributed by atoms with Gasteiger partial charge in [0.15, 0.2) is 0 Å². The first kappa shape index (κ1) is 26.5. The zero-order valence-electron chi connectivity index (χ0n) is 20.9. The Morgan fingerprint density at radius 3 is 2.62 bits per heavy atom. The van der Waals surface area contributed by atoms with Crippen LogP contribution in [0.25, 0.3) is 5.57 Å². The van der Waals surface area contributed by atoms with E-state index in [2.05, 4.69) is 10.6 Å². The third-order valence-electron chi connectivity index (χ3n) is 7.10. The molecule has 37 heavy (non-hydrogen) atoms.